The number of rotatable bonds is 9. The molecule has 0 amide bonds. The summed E-state index contributed by atoms with van der Waals surface area (Å²) in [6.45, 7) is 6.38. The summed E-state index contributed by atoms with van der Waals surface area (Å²) in [6, 6.07) is 20.1. The highest BCUT2D eigenvalue weighted by Crippen LogP contribution is 2.60. The van der Waals surface area contributed by atoms with Crippen LogP contribution in [0.4, 0.5) is 15.8 Å². The summed E-state index contributed by atoms with van der Waals surface area (Å²) in [6.07, 6.45) is 3.82. The lowest BCUT2D eigenvalue weighted by atomic mass is 9.71. The van der Waals surface area contributed by atoms with Gasteiger partial charge in [-0.3, -0.25) is 0 Å². The zero-order chi connectivity index (χ0) is 31.3. The van der Waals surface area contributed by atoms with Crippen molar-refractivity contribution in [2.45, 2.75) is 55.7 Å². The number of hydrogen-bond acceptors (Lipinski definition) is 7. The molecule has 1 aromatic heterocycles. The number of fused-ring (bicyclic) bond motifs is 1. The van der Waals surface area contributed by atoms with Crippen LogP contribution in [-0.2, 0) is 25.8 Å². The lowest BCUT2D eigenvalue weighted by Gasteiger charge is -2.35. The normalized spacial score (nSPS) is 23.6. The monoisotopic (exact) mass is 616 g/mol. The molecule has 44 heavy (non-hydrogen) atoms. The fraction of sp³-hybridized carbons (Fsp3) is 0.364. The van der Waals surface area contributed by atoms with Gasteiger partial charge in [0.25, 0.3) is 10.0 Å². The smallest absolute Gasteiger partial charge is 0.264 e. The van der Waals surface area contributed by atoms with Gasteiger partial charge in [-0.1, -0.05) is 30.3 Å². The molecule has 0 radical (unpaired) electrons. The Hall–Kier alpha value is -3.93. The summed E-state index contributed by atoms with van der Waals surface area (Å²) in [4.78, 5) is 1.41. The van der Waals surface area contributed by atoms with Crippen molar-refractivity contribution >= 4 is 27.6 Å². The molecule has 1 saturated heterocycles. The fourth-order valence-electron chi connectivity index (χ4n) is 7.13. The van der Waals surface area contributed by atoms with E-state index >= 15 is 0 Å². The Morgan fingerprint density at radius 2 is 1.86 bits per heavy atom. The largest absolute Gasteiger partial charge is 0.373 e. The number of nitrogens with zero attached hydrogens (tertiary/aromatic N) is 4. The molecule has 230 valence electrons. The second kappa shape index (κ2) is 11.2. The predicted molar refractivity (Wildman–Crippen MR) is 167 cm³/mol. The van der Waals surface area contributed by atoms with E-state index < -0.39 is 21.0 Å². The highest BCUT2D eigenvalue weighted by atomic mass is 32.2. The first-order valence-electron chi connectivity index (χ1n) is 14.7. The van der Waals surface area contributed by atoms with Gasteiger partial charge in [0.2, 0.25) is 5.03 Å². The van der Waals surface area contributed by atoms with Crippen LogP contribution in [0.15, 0.2) is 78.0 Å². The molecule has 1 saturated carbocycles. The number of anilines is 2. The molecule has 0 bridgehead atoms. The van der Waals surface area contributed by atoms with E-state index in [-0.39, 0.29) is 29.3 Å². The molecular formula is C33H37FN6O3S. The molecule has 0 spiro atoms. The van der Waals surface area contributed by atoms with E-state index in [1.165, 1.54) is 29.3 Å². The molecular weight excluding hydrogens is 579 g/mol. The van der Waals surface area contributed by atoms with Crippen molar-refractivity contribution in [2.24, 2.45) is 5.92 Å². The topological polar surface area (TPSA) is 113 Å². The molecule has 1 aliphatic heterocycles. The van der Waals surface area contributed by atoms with E-state index in [4.69, 9.17) is 10.1 Å². The van der Waals surface area contributed by atoms with Crippen LogP contribution < -0.4 is 5.32 Å². The van der Waals surface area contributed by atoms with Crippen LogP contribution in [0.3, 0.4) is 0 Å². The molecule has 3 atom stereocenters. The average Bonchev–Trinajstić information content (AvgIpc) is 3.73. The van der Waals surface area contributed by atoms with E-state index in [0.29, 0.717) is 36.3 Å². The SMILES string of the molecule is CO[C@]1(c2ccccc2)C[C@@H]2CN(S(=O)(=O)c3cnn(C(C)C)n3)C[C@]2(c2cc(C=N)c(Nc3ccc(F)cc3)cc2C)C1. The van der Waals surface area contributed by atoms with Crippen molar-refractivity contribution in [1.29, 1.82) is 5.41 Å². The van der Waals surface area contributed by atoms with E-state index in [0.717, 1.165) is 16.7 Å². The van der Waals surface area contributed by atoms with Gasteiger partial charge in [0.1, 0.15) is 5.82 Å². The molecule has 2 aliphatic rings. The third-order valence-electron chi connectivity index (χ3n) is 9.30. The number of sulfonamides is 1. The minimum absolute atomic E-state index is 0.0573. The maximum Gasteiger partial charge on any atom is 0.264 e. The molecule has 2 fully saturated rings. The fourth-order valence-corrected chi connectivity index (χ4v) is 8.53. The third kappa shape index (κ3) is 5.02. The predicted octanol–water partition coefficient (Wildman–Crippen LogP) is 5.94. The minimum atomic E-state index is -3.92. The lowest BCUT2D eigenvalue weighted by molar-refractivity contribution is -0.0183. The van der Waals surface area contributed by atoms with Crippen molar-refractivity contribution in [3.63, 3.8) is 0 Å². The first kappa shape index (κ1) is 30.1. The van der Waals surface area contributed by atoms with Crippen LogP contribution in [-0.4, -0.2) is 54.1 Å². The van der Waals surface area contributed by atoms with Crippen LogP contribution in [0, 0.1) is 24.1 Å². The zero-order valence-electron chi connectivity index (χ0n) is 25.3. The molecule has 3 aromatic carbocycles. The Kier molecular flexibility index (Phi) is 7.67. The van der Waals surface area contributed by atoms with Gasteiger partial charge in [-0.15, -0.1) is 5.10 Å². The number of halogens is 1. The van der Waals surface area contributed by atoms with Crippen LogP contribution in [0.1, 0.15) is 55.0 Å². The van der Waals surface area contributed by atoms with Gasteiger partial charge in [-0.2, -0.15) is 14.2 Å². The molecule has 1 aliphatic carbocycles. The third-order valence-corrected chi connectivity index (χ3v) is 11.0. The molecule has 2 N–H and O–H groups in total. The first-order chi connectivity index (χ1) is 21.0. The van der Waals surface area contributed by atoms with Gasteiger partial charge >= 0.3 is 0 Å². The minimum Gasteiger partial charge on any atom is -0.373 e. The summed E-state index contributed by atoms with van der Waals surface area (Å²) in [5.74, 6) is -0.390. The summed E-state index contributed by atoms with van der Waals surface area (Å²) in [7, 11) is -2.19. The number of ether oxygens (including phenoxy) is 1. The summed E-state index contributed by atoms with van der Waals surface area (Å²) in [5, 5.41) is 20.0. The highest BCUT2D eigenvalue weighted by molar-refractivity contribution is 7.89. The van der Waals surface area contributed by atoms with Crippen molar-refractivity contribution in [3.05, 3.63) is 101 Å². The van der Waals surface area contributed by atoms with E-state index in [1.54, 1.807) is 23.5 Å². The number of hydrogen-bond donors (Lipinski definition) is 2. The van der Waals surface area contributed by atoms with Crippen molar-refractivity contribution < 1.29 is 17.5 Å². The maximum absolute atomic E-state index is 14.0. The molecule has 9 nitrogen and oxygen atoms in total. The zero-order valence-corrected chi connectivity index (χ0v) is 26.1. The second-order valence-electron chi connectivity index (χ2n) is 12.2. The number of aryl methyl sites for hydroxylation is 1. The Labute approximate surface area is 257 Å². The number of aromatic nitrogens is 3. The standard InChI is InChI=1S/C33H37FN6O3S/c1-22(2)40-36-18-31(38-40)44(41,42)39-19-26-16-33(43-4,25-8-6-5-7-9-25)20-32(26,21-39)29-15-24(17-35)30(14-23(29)3)37-28-12-10-27(34)11-13-28/h5-15,17-18,22,26,35,37H,16,19-21H2,1-4H3/t26-,32-,33-/m1/s1. The van der Waals surface area contributed by atoms with Gasteiger partial charge in [-0.25, -0.2) is 12.8 Å². The van der Waals surface area contributed by atoms with Crippen LogP contribution >= 0.6 is 0 Å². The highest BCUT2D eigenvalue weighted by Gasteiger charge is 2.62. The van der Waals surface area contributed by atoms with E-state index in [9.17, 15) is 12.8 Å². The number of methoxy groups -OCH3 is 1. The van der Waals surface area contributed by atoms with Gasteiger partial charge < -0.3 is 15.5 Å². The van der Waals surface area contributed by atoms with Gasteiger partial charge in [0.15, 0.2) is 0 Å². The van der Waals surface area contributed by atoms with Crippen molar-refractivity contribution in [3.8, 4) is 0 Å². The Morgan fingerprint density at radius 3 is 2.50 bits per heavy atom. The van der Waals surface area contributed by atoms with Gasteiger partial charge in [0.05, 0.1) is 17.8 Å². The Balaban J connectivity index is 1.44. The molecule has 6 rings (SSSR count). The summed E-state index contributed by atoms with van der Waals surface area (Å²) >= 11 is 0. The van der Waals surface area contributed by atoms with Crippen molar-refractivity contribution in [1.82, 2.24) is 19.3 Å². The first-order valence-corrected chi connectivity index (χ1v) is 16.2. The van der Waals surface area contributed by atoms with Crippen LogP contribution in [0.2, 0.25) is 0 Å². The van der Waals surface area contributed by atoms with Gasteiger partial charge in [-0.05, 0) is 92.6 Å². The van der Waals surface area contributed by atoms with Crippen LogP contribution in [0.5, 0.6) is 0 Å². The molecule has 0 unspecified atom stereocenters. The Bertz CT molecular complexity index is 1790. The lowest BCUT2D eigenvalue weighted by Crippen LogP contribution is -2.38. The average molecular weight is 617 g/mol. The molecule has 11 heteroatoms. The molecule has 2 heterocycles. The van der Waals surface area contributed by atoms with Gasteiger partial charge in [0, 0.05) is 48.8 Å². The Morgan fingerprint density at radius 1 is 1.14 bits per heavy atom. The second-order valence-corrected chi connectivity index (χ2v) is 14.1. The maximum atomic E-state index is 14.0. The van der Waals surface area contributed by atoms with E-state index in [2.05, 4.69) is 27.6 Å². The van der Waals surface area contributed by atoms with E-state index in [1.807, 2.05) is 51.1 Å². The molecule has 4 aromatic rings. The quantitative estimate of drug-likeness (QED) is 0.225. The number of benzene rings is 3. The van der Waals surface area contributed by atoms with Crippen molar-refractivity contribution in [2.75, 3.05) is 25.5 Å². The summed E-state index contributed by atoms with van der Waals surface area (Å²) < 4.78 is 49.3. The summed E-state index contributed by atoms with van der Waals surface area (Å²) in [5.41, 5.74) is 3.89. The van der Waals surface area contributed by atoms with Crippen LogP contribution in [0.25, 0.3) is 0 Å². The number of nitrogens with one attached hydrogen (secondary N) is 2.